The van der Waals surface area contributed by atoms with Crippen LogP contribution in [0.3, 0.4) is 0 Å². The average Bonchev–Trinajstić information content (AvgIpc) is 2.83. The zero-order valence-corrected chi connectivity index (χ0v) is 12.8. The molecular formula is C15H22ClN3O. The quantitative estimate of drug-likeness (QED) is 0.875. The van der Waals surface area contributed by atoms with Gasteiger partial charge in [0.2, 0.25) is 5.91 Å². The van der Waals surface area contributed by atoms with E-state index in [-0.39, 0.29) is 11.9 Å². The molecule has 0 aliphatic carbocycles. The largest absolute Gasteiger partial charge is 0.368 e. The highest BCUT2D eigenvalue weighted by atomic mass is 35.5. The van der Waals surface area contributed by atoms with Gasteiger partial charge in [-0.05, 0) is 30.7 Å². The number of anilines is 1. The molecule has 0 aromatic heterocycles. The van der Waals surface area contributed by atoms with Crippen molar-refractivity contribution in [3.8, 4) is 0 Å². The second-order valence-electron chi connectivity index (χ2n) is 5.20. The van der Waals surface area contributed by atoms with Crippen molar-refractivity contribution in [3.63, 3.8) is 0 Å². The van der Waals surface area contributed by atoms with Crippen LogP contribution in [0.4, 0.5) is 5.69 Å². The monoisotopic (exact) mass is 295 g/mol. The maximum Gasteiger partial charge on any atom is 0.217 e. The van der Waals surface area contributed by atoms with Crippen molar-refractivity contribution in [1.82, 2.24) is 10.6 Å². The number of carbonyl (C=O) groups is 1. The Bertz CT molecular complexity index is 478. The second-order valence-corrected chi connectivity index (χ2v) is 5.61. The molecule has 1 aromatic rings. The maximum atomic E-state index is 11.1. The summed E-state index contributed by atoms with van der Waals surface area (Å²) in [7, 11) is 0. The van der Waals surface area contributed by atoms with Gasteiger partial charge in [0, 0.05) is 32.6 Å². The van der Waals surface area contributed by atoms with Gasteiger partial charge in [-0.3, -0.25) is 4.79 Å². The Labute approximate surface area is 125 Å². The molecule has 5 heteroatoms. The molecule has 20 heavy (non-hydrogen) atoms. The lowest BCUT2D eigenvalue weighted by Gasteiger charge is -2.21. The predicted molar refractivity (Wildman–Crippen MR) is 83.3 cm³/mol. The Morgan fingerprint density at radius 3 is 2.95 bits per heavy atom. The van der Waals surface area contributed by atoms with Crippen molar-refractivity contribution in [2.24, 2.45) is 0 Å². The number of benzene rings is 1. The molecule has 0 radical (unpaired) electrons. The minimum Gasteiger partial charge on any atom is -0.368 e. The van der Waals surface area contributed by atoms with E-state index in [4.69, 9.17) is 11.6 Å². The van der Waals surface area contributed by atoms with Crippen LogP contribution in [-0.4, -0.2) is 31.6 Å². The van der Waals surface area contributed by atoms with Crippen LogP contribution in [0.5, 0.6) is 0 Å². The molecule has 1 saturated heterocycles. The lowest BCUT2D eigenvalue weighted by molar-refractivity contribution is -0.119. The summed E-state index contributed by atoms with van der Waals surface area (Å²) in [4.78, 5) is 13.3. The van der Waals surface area contributed by atoms with E-state index in [9.17, 15) is 4.79 Å². The van der Waals surface area contributed by atoms with E-state index in [1.165, 1.54) is 5.56 Å². The van der Waals surface area contributed by atoms with Gasteiger partial charge in [0.1, 0.15) is 0 Å². The topological polar surface area (TPSA) is 44.4 Å². The Kier molecular flexibility index (Phi) is 5.26. The van der Waals surface area contributed by atoms with Crippen LogP contribution in [0.2, 0.25) is 5.02 Å². The standard InChI is InChI=1S/C15H22ClN3O/c1-3-17-9-12-4-5-15(14(16)8-12)19-7-6-13(10-19)18-11(2)20/h4-5,8,13,17H,3,6-7,9-10H2,1-2H3,(H,18,20). The van der Waals surface area contributed by atoms with Gasteiger partial charge in [-0.2, -0.15) is 0 Å². The highest BCUT2D eigenvalue weighted by Crippen LogP contribution is 2.29. The second kappa shape index (κ2) is 6.95. The van der Waals surface area contributed by atoms with E-state index in [0.29, 0.717) is 0 Å². The van der Waals surface area contributed by atoms with Gasteiger partial charge in [-0.1, -0.05) is 24.6 Å². The SMILES string of the molecule is CCNCc1ccc(N2CCC(NC(C)=O)C2)c(Cl)c1. The minimum absolute atomic E-state index is 0.0314. The summed E-state index contributed by atoms with van der Waals surface area (Å²) in [5.41, 5.74) is 2.25. The van der Waals surface area contributed by atoms with E-state index < -0.39 is 0 Å². The molecule has 1 atom stereocenters. The fourth-order valence-corrected chi connectivity index (χ4v) is 2.89. The molecule has 2 N–H and O–H groups in total. The predicted octanol–water partition coefficient (Wildman–Crippen LogP) is 2.16. The first-order chi connectivity index (χ1) is 9.60. The first-order valence-electron chi connectivity index (χ1n) is 7.11. The Morgan fingerprint density at radius 2 is 2.30 bits per heavy atom. The van der Waals surface area contributed by atoms with Gasteiger partial charge in [-0.15, -0.1) is 0 Å². The minimum atomic E-state index is 0.0314. The van der Waals surface area contributed by atoms with Gasteiger partial charge >= 0.3 is 0 Å². The molecule has 1 unspecified atom stereocenters. The molecule has 4 nitrogen and oxygen atoms in total. The van der Waals surface area contributed by atoms with Crippen molar-refractivity contribution < 1.29 is 4.79 Å². The third-order valence-electron chi connectivity index (χ3n) is 3.53. The van der Waals surface area contributed by atoms with Gasteiger partial charge in [0.15, 0.2) is 0 Å². The van der Waals surface area contributed by atoms with Crippen LogP contribution in [0.1, 0.15) is 25.8 Å². The highest BCUT2D eigenvalue weighted by Gasteiger charge is 2.24. The summed E-state index contributed by atoms with van der Waals surface area (Å²) in [6, 6.07) is 6.43. The molecule has 2 rings (SSSR count). The number of hydrogen-bond donors (Lipinski definition) is 2. The van der Waals surface area contributed by atoms with Gasteiger partial charge < -0.3 is 15.5 Å². The van der Waals surface area contributed by atoms with Crippen LogP contribution < -0.4 is 15.5 Å². The van der Waals surface area contributed by atoms with Crippen molar-refractivity contribution in [3.05, 3.63) is 28.8 Å². The third-order valence-corrected chi connectivity index (χ3v) is 3.83. The number of nitrogens with one attached hydrogen (secondary N) is 2. The number of carbonyl (C=O) groups excluding carboxylic acids is 1. The molecule has 1 aliphatic rings. The van der Waals surface area contributed by atoms with Gasteiger partial charge in [0.05, 0.1) is 10.7 Å². The smallest absolute Gasteiger partial charge is 0.217 e. The zero-order valence-electron chi connectivity index (χ0n) is 12.1. The first kappa shape index (κ1) is 15.1. The fraction of sp³-hybridized carbons (Fsp3) is 0.533. The van der Waals surface area contributed by atoms with E-state index in [0.717, 1.165) is 43.3 Å². The van der Waals surface area contributed by atoms with Crippen LogP contribution >= 0.6 is 11.6 Å². The van der Waals surface area contributed by atoms with Crippen LogP contribution in [0.25, 0.3) is 0 Å². The number of halogens is 1. The molecule has 110 valence electrons. The highest BCUT2D eigenvalue weighted by molar-refractivity contribution is 6.33. The summed E-state index contributed by atoms with van der Waals surface area (Å²) in [5.74, 6) is 0.0314. The number of nitrogens with zero attached hydrogens (tertiary/aromatic N) is 1. The molecule has 1 fully saturated rings. The van der Waals surface area contributed by atoms with E-state index >= 15 is 0 Å². The number of rotatable bonds is 5. The van der Waals surface area contributed by atoms with E-state index in [2.05, 4.69) is 34.6 Å². The van der Waals surface area contributed by atoms with Crippen LogP contribution in [0.15, 0.2) is 18.2 Å². The van der Waals surface area contributed by atoms with E-state index in [1.807, 2.05) is 6.07 Å². The van der Waals surface area contributed by atoms with E-state index in [1.54, 1.807) is 6.92 Å². The number of hydrogen-bond acceptors (Lipinski definition) is 3. The molecule has 0 spiro atoms. The molecule has 0 bridgehead atoms. The Balaban J connectivity index is 2.01. The summed E-state index contributed by atoms with van der Waals surface area (Å²) >= 11 is 6.39. The average molecular weight is 296 g/mol. The summed E-state index contributed by atoms with van der Waals surface area (Å²) < 4.78 is 0. The van der Waals surface area contributed by atoms with Gasteiger partial charge in [-0.25, -0.2) is 0 Å². The van der Waals surface area contributed by atoms with Crippen molar-refractivity contribution in [1.29, 1.82) is 0 Å². The Morgan fingerprint density at radius 1 is 1.50 bits per heavy atom. The summed E-state index contributed by atoms with van der Waals surface area (Å²) in [6.45, 7) is 7.19. The summed E-state index contributed by atoms with van der Waals surface area (Å²) in [5, 5.41) is 7.04. The molecule has 1 amide bonds. The molecule has 0 saturated carbocycles. The maximum absolute atomic E-state index is 11.1. The molecular weight excluding hydrogens is 274 g/mol. The van der Waals surface area contributed by atoms with Gasteiger partial charge in [0.25, 0.3) is 0 Å². The lowest BCUT2D eigenvalue weighted by Crippen LogP contribution is -2.35. The lowest BCUT2D eigenvalue weighted by atomic mass is 10.2. The zero-order chi connectivity index (χ0) is 14.5. The Hall–Kier alpha value is -1.26. The number of amides is 1. The third kappa shape index (κ3) is 3.87. The molecule has 1 aliphatic heterocycles. The van der Waals surface area contributed by atoms with Crippen molar-refractivity contribution in [2.45, 2.75) is 32.9 Å². The van der Waals surface area contributed by atoms with Crippen molar-refractivity contribution >= 4 is 23.2 Å². The van der Waals surface area contributed by atoms with Crippen molar-refractivity contribution in [2.75, 3.05) is 24.5 Å². The fourth-order valence-electron chi connectivity index (χ4n) is 2.57. The normalized spacial score (nSPS) is 18.4. The molecule has 1 heterocycles. The summed E-state index contributed by atoms with van der Waals surface area (Å²) in [6.07, 6.45) is 0.967. The first-order valence-corrected chi connectivity index (χ1v) is 7.49. The van der Waals surface area contributed by atoms with Crippen LogP contribution in [0, 0.1) is 0 Å². The van der Waals surface area contributed by atoms with Crippen LogP contribution in [-0.2, 0) is 11.3 Å². The molecule has 1 aromatic carbocycles.